The van der Waals surface area contributed by atoms with Crippen LogP contribution in [0, 0.1) is 0 Å². The molecule has 0 spiro atoms. The highest BCUT2D eigenvalue weighted by molar-refractivity contribution is 14.0. The number of aromatic nitrogens is 3. The summed E-state index contributed by atoms with van der Waals surface area (Å²) in [7, 11) is 0. The predicted octanol–water partition coefficient (Wildman–Crippen LogP) is 2.46. The van der Waals surface area contributed by atoms with E-state index < -0.39 is 0 Å². The predicted molar refractivity (Wildman–Crippen MR) is 142 cm³/mol. The van der Waals surface area contributed by atoms with Crippen LogP contribution < -0.4 is 10.6 Å². The first-order valence-corrected chi connectivity index (χ1v) is 12.6. The molecule has 0 aromatic carbocycles. The van der Waals surface area contributed by atoms with Gasteiger partial charge in [0.15, 0.2) is 5.96 Å². The molecule has 1 saturated heterocycles. The Hall–Kier alpha value is -0.980. The van der Waals surface area contributed by atoms with Crippen molar-refractivity contribution in [3.8, 4) is 0 Å². The Balaban J connectivity index is 0.00000385. The summed E-state index contributed by atoms with van der Waals surface area (Å²) in [6, 6.07) is 0. The van der Waals surface area contributed by atoms with Crippen LogP contribution in [0.15, 0.2) is 11.3 Å². The second kappa shape index (κ2) is 15.8. The Morgan fingerprint density at radius 1 is 1.15 bits per heavy atom. The van der Waals surface area contributed by atoms with Gasteiger partial charge < -0.3 is 24.7 Å². The molecule has 1 aliphatic heterocycles. The molecule has 33 heavy (non-hydrogen) atoms. The lowest BCUT2D eigenvalue weighted by atomic mass is 9.80. The second-order valence-electron chi connectivity index (χ2n) is 8.75. The van der Waals surface area contributed by atoms with Gasteiger partial charge in [0.1, 0.15) is 12.2 Å². The van der Waals surface area contributed by atoms with E-state index in [1.165, 1.54) is 32.1 Å². The number of morpholine rings is 1. The van der Waals surface area contributed by atoms with Gasteiger partial charge in [0.05, 0.1) is 19.8 Å². The van der Waals surface area contributed by atoms with Gasteiger partial charge in [-0.1, -0.05) is 26.2 Å². The maximum atomic E-state index is 5.63. The van der Waals surface area contributed by atoms with E-state index in [1.807, 2.05) is 13.3 Å². The number of rotatable bonds is 12. The van der Waals surface area contributed by atoms with Gasteiger partial charge in [-0.25, -0.2) is 0 Å². The smallest absolute Gasteiger partial charge is 0.191 e. The Bertz CT molecular complexity index is 674. The zero-order chi connectivity index (χ0) is 22.5. The molecule has 0 atom stereocenters. The summed E-state index contributed by atoms with van der Waals surface area (Å²) in [6.07, 6.45) is 10.1. The molecular formula is C23H44IN7O2. The van der Waals surface area contributed by atoms with Crippen molar-refractivity contribution in [1.82, 2.24) is 30.3 Å². The molecule has 1 aromatic heterocycles. The Labute approximate surface area is 216 Å². The summed E-state index contributed by atoms with van der Waals surface area (Å²) in [5.74, 6) is 1.91. The minimum Gasteiger partial charge on any atom is -0.382 e. The standard InChI is InChI=1S/C23H43N7O2.HI/c1-3-21-28-27-20-29(21)13-12-25-22(24-11-8-16-31-4-2)26-19-23(9-6-5-7-10-23)30-14-17-32-18-15-30;/h20H,3-19H2,1-2H3,(H2,24,25,26);1H. The van der Waals surface area contributed by atoms with Crippen LogP contribution in [0.5, 0.6) is 0 Å². The number of hydrogen-bond acceptors (Lipinski definition) is 6. The maximum Gasteiger partial charge on any atom is 0.191 e. The van der Waals surface area contributed by atoms with Crippen LogP contribution in [0.1, 0.15) is 58.2 Å². The molecule has 9 nitrogen and oxygen atoms in total. The molecule has 2 fully saturated rings. The third kappa shape index (κ3) is 8.95. The lowest BCUT2D eigenvalue weighted by Crippen LogP contribution is -2.56. The van der Waals surface area contributed by atoms with Crippen LogP contribution >= 0.6 is 24.0 Å². The van der Waals surface area contributed by atoms with E-state index in [1.54, 1.807) is 0 Å². The zero-order valence-corrected chi connectivity index (χ0v) is 22.9. The van der Waals surface area contributed by atoms with E-state index >= 15 is 0 Å². The van der Waals surface area contributed by atoms with Crippen LogP contribution in [0.25, 0.3) is 0 Å². The summed E-state index contributed by atoms with van der Waals surface area (Å²) < 4.78 is 13.2. The Kier molecular flexibility index (Phi) is 13.6. The van der Waals surface area contributed by atoms with Gasteiger partial charge in [-0.2, -0.15) is 0 Å². The van der Waals surface area contributed by atoms with Crippen LogP contribution in [0.4, 0.5) is 0 Å². The monoisotopic (exact) mass is 577 g/mol. The number of ether oxygens (including phenoxy) is 2. The number of guanidine groups is 1. The fraction of sp³-hybridized carbons (Fsp3) is 0.870. The van der Waals surface area contributed by atoms with Crippen LogP contribution in [-0.2, 0) is 22.4 Å². The molecule has 3 rings (SSSR count). The van der Waals surface area contributed by atoms with E-state index in [-0.39, 0.29) is 29.5 Å². The van der Waals surface area contributed by atoms with Gasteiger partial charge >= 0.3 is 0 Å². The number of nitrogens with zero attached hydrogens (tertiary/aromatic N) is 5. The van der Waals surface area contributed by atoms with Crippen LogP contribution in [0.3, 0.4) is 0 Å². The largest absolute Gasteiger partial charge is 0.382 e. The molecule has 10 heteroatoms. The second-order valence-corrected chi connectivity index (χ2v) is 8.75. The van der Waals surface area contributed by atoms with Gasteiger partial charge in [-0.15, -0.1) is 34.2 Å². The first-order chi connectivity index (χ1) is 15.8. The first-order valence-electron chi connectivity index (χ1n) is 12.6. The summed E-state index contributed by atoms with van der Waals surface area (Å²) >= 11 is 0. The number of nitrogens with one attached hydrogen (secondary N) is 2. The lowest BCUT2D eigenvalue weighted by molar-refractivity contribution is -0.0333. The number of aliphatic imine (C=N–C) groups is 1. The van der Waals surface area contributed by atoms with E-state index in [9.17, 15) is 0 Å². The van der Waals surface area contributed by atoms with Crippen LogP contribution in [0.2, 0.25) is 0 Å². The highest BCUT2D eigenvalue weighted by atomic mass is 127. The summed E-state index contributed by atoms with van der Waals surface area (Å²) in [4.78, 5) is 7.75. The topological polar surface area (TPSA) is 88.8 Å². The summed E-state index contributed by atoms with van der Waals surface area (Å²) in [5.41, 5.74) is 0.172. The zero-order valence-electron chi connectivity index (χ0n) is 20.6. The van der Waals surface area contributed by atoms with E-state index in [0.717, 1.165) is 90.3 Å². The van der Waals surface area contributed by atoms with Gasteiger partial charge in [0.2, 0.25) is 0 Å². The van der Waals surface area contributed by atoms with E-state index in [2.05, 4.69) is 37.2 Å². The average molecular weight is 578 g/mol. The quantitative estimate of drug-likeness (QED) is 0.171. The molecule has 0 bridgehead atoms. The number of hydrogen-bond donors (Lipinski definition) is 2. The van der Waals surface area contributed by atoms with Crippen molar-refractivity contribution in [2.75, 3.05) is 59.2 Å². The molecule has 190 valence electrons. The Morgan fingerprint density at radius 2 is 1.91 bits per heavy atom. The van der Waals surface area contributed by atoms with Crippen molar-refractivity contribution in [3.05, 3.63) is 12.2 Å². The van der Waals surface area contributed by atoms with Gasteiger partial charge in [0, 0.05) is 57.9 Å². The molecule has 1 aromatic rings. The highest BCUT2D eigenvalue weighted by Crippen LogP contribution is 2.34. The molecule has 0 amide bonds. The fourth-order valence-corrected chi connectivity index (χ4v) is 4.78. The molecule has 2 aliphatic rings. The summed E-state index contributed by atoms with van der Waals surface area (Å²) in [5, 5.41) is 15.3. The third-order valence-corrected chi connectivity index (χ3v) is 6.62. The third-order valence-electron chi connectivity index (χ3n) is 6.62. The minimum absolute atomic E-state index is 0. The van der Waals surface area contributed by atoms with Crippen molar-refractivity contribution in [2.24, 2.45) is 4.99 Å². The number of halogens is 1. The van der Waals surface area contributed by atoms with Crippen molar-refractivity contribution >= 4 is 29.9 Å². The van der Waals surface area contributed by atoms with Gasteiger partial charge in [-0.05, 0) is 26.2 Å². The molecule has 1 saturated carbocycles. The van der Waals surface area contributed by atoms with Crippen LogP contribution in [-0.4, -0.2) is 90.3 Å². The van der Waals surface area contributed by atoms with Crippen molar-refractivity contribution < 1.29 is 9.47 Å². The lowest BCUT2D eigenvalue weighted by Gasteiger charge is -2.47. The maximum absolute atomic E-state index is 5.63. The molecule has 2 N–H and O–H groups in total. The minimum atomic E-state index is 0. The van der Waals surface area contributed by atoms with Crippen molar-refractivity contribution in [3.63, 3.8) is 0 Å². The normalized spacial score (nSPS) is 19.2. The molecular weight excluding hydrogens is 533 g/mol. The number of aryl methyl sites for hydroxylation is 1. The van der Waals surface area contributed by atoms with Crippen molar-refractivity contribution in [2.45, 2.75) is 70.9 Å². The molecule has 0 unspecified atom stereocenters. The van der Waals surface area contributed by atoms with Gasteiger partial charge in [0.25, 0.3) is 0 Å². The highest BCUT2D eigenvalue weighted by Gasteiger charge is 2.38. The SMILES string of the molecule is CCOCCCNC(=NCC1(N2CCOCC2)CCCCC1)NCCn1cnnc1CC.I. The molecule has 1 aliphatic carbocycles. The molecule has 2 heterocycles. The Morgan fingerprint density at radius 3 is 2.64 bits per heavy atom. The van der Waals surface area contributed by atoms with Gasteiger partial charge in [-0.3, -0.25) is 9.89 Å². The van der Waals surface area contributed by atoms with Crippen molar-refractivity contribution in [1.29, 1.82) is 0 Å². The van der Waals surface area contributed by atoms with E-state index in [0.29, 0.717) is 0 Å². The van der Waals surface area contributed by atoms with E-state index in [4.69, 9.17) is 14.5 Å². The summed E-state index contributed by atoms with van der Waals surface area (Å²) in [6.45, 7) is 12.7. The molecule has 0 radical (unpaired) electrons. The fourth-order valence-electron chi connectivity index (χ4n) is 4.78. The average Bonchev–Trinajstić information content (AvgIpc) is 3.30. The first kappa shape index (κ1) is 28.3.